The molecule has 0 aromatic heterocycles. The molecule has 2 aliphatic carbocycles. The second-order valence-corrected chi connectivity index (χ2v) is 10.3. The molecule has 0 amide bonds. The van der Waals surface area contributed by atoms with Gasteiger partial charge in [0.25, 0.3) is 0 Å². The van der Waals surface area contributed by atoms with Crippen LogP contribution in [-0.4, -0.2) is 18.4 Å². The molecule has 0 spiro atoms. The van der Waals surface area contributed by atoms with Crippen LogP contribution in [0.2, 0.25) is 0 Å². The number of carbonyl (C=O) groups excluding carboxylic acids is 1. The van der Waals surface area contributed by atoms with Crippen molar-refractivity contribution in [3.05, 3.63) is 0 Å². The van der Waals surface area contributed by atoms with E-state index in [0.29, 0.717) is 17.3 Å². The molecule has 4 heteroatoms. The monoisotopic (exact) mass is 354 g/mol. The Hall–Kier alpha value is -0.770. The van der Waals surface area contributed by atoms with E-state index in [2.05, 4.69) is 41.5 Å². The lowest BCUT2D eigenvalue weighted by atomic mass is 9.72. The molecule has 0 saturated heterocycles. The van der Waals surface area contributed by atoms with Crippen LogP contribution in [0.5, 0.6) is 0 Å². The topological polar surface area (TPSA) is 52.1 Å². The average Bonchev–Trinajstić information content (AvgIpc) is 2.53. The van der Waals surface area contributed by atoms with Crippen LogP contribution in [0, 0.1) is 22.7 Å². The van der Waals surface area contributed by atoms with Crippen LogP contribution >= 0.6 is 0 Å². The summed E-state index contributed by atoms with van der Waals surface area (Å²) in [6, 6.07) is 0. The first-order valence-corrected chi connectivity index (χ1v) is 10.1. The Bertz CT molecular complexity index is 430. The predicted octanol–water partition coefficient (Wildman–Crippen LogP) is 5.16. The fourth-order valence-corrected chi connectivity index (χ4v) is 4.51. The molecule has 2 rings (SSSR count). The molecule has 0 aliphatic heterocycles. The third-order valence-corrected chi connectivity index (χ3v) is 6.53. The number of rotatable bonds is 2. The second-order valence-electron chi connectivity index (χ2n) is 10.3. The summed E-state index contributed by atoms with van der Waals surface area (Å²) < 4.78 is 7.04. The minimum atomic E-state index is -0.738. The molecule has 0 atom stereocenters. The van der Waals surface area contributed by atoms with E-state index in [1.807, 2.05) is 0 Å². The first kappa shape index (κ1) is 20.5. The highest BCUT2D eigenvalue weighted by atomic mass is 17.3. The van der Waals surface area contributed by atoms with Gasteiger partial charge in [0.2, 0.25) is 0 Å². The maximum absolute atomic E-state index is 12.3. The zero-order valence-corrected chi connectivity index (χ0v) is 17.1. The van der Waals surface area contributed by atoms with Crippen LogP contribution in [0.3, 0.4) is 0 Å². The zero-order valence-electron chi connectivity index (χ0n) is 17.1. The van der Waals surface area contributed by atoms with Gasteiger partial charge in [0.15, 0.2) is 6.10 Å². The van der Waals surface area contributed by atoms with Crippen LogP contribution in [0.4, 0.5) is 4.79 Å². The van der Waals surface area contributed by atoms with E-state index < -0.39 is 6.16 Å². The Morgan fingerprint density at radius 1 is 0.800 bits per heavy atom. The van der Waals surface area contributed by atoms with Crippen LogP contribution in [0.15, 0.2) is 0 Å². The second kappa shape index (κ2) is 7.85. The van der Waals surface area contributed by atoms with Gasteiger partial charge in [-0.15, -0.1) is 0 Å². The Kier molecular flexibility index (Phi) is 6.45. The summed E-state index contributed by atoms with van der Waals surface area (Å²) in [4.78, 5) is 12.2. The molecule has 25 heavy (non-hydrogen) atoms. The third kappa shape index (κ3) is 5.60. The molecule has 0 N–H and O–H groups in total. The largest absolute Gasteiger partial charge is 0.727 e. The van der Waals surface area contributed by atoms with Gasteiger partial charge in [-0.1, -0.05) is 41.5 Å². The molecular weight excluding hydrogens is 316 g/mol. The minimum absolute atomic E-state index is 0.0963. The quantitative estimate of drug-likeness (QED) is 0.298. The molecule has 0 unspecified atom stereocenters. The van der Waals surface area contributed by atoms with Gasteiger partial charge in [0.1, 0.15) is 6.10 Å². The molecule has 4 nitrogen and oxygen atoms in total. The van der Waals surface area contributed by atoms with Gasteiger partial charge in [-0.2, -0.15) is 0 Å². The van der Waals surface area contributed by atoms with Crippen molar-refractivity contribution in [2.75, 3.05) is 0 Å². The predicted molar refractivity (Wildman–Crippen MR) is 98.0 cm³/mol. The van der Waals surface area contributed by atoms with Crippen molar-refractivity contribution in [2.45, 2.75) is 105 Å². The van der Waals surface area contributed by atoms with Gasteiger partial charge in [0.05, 0.1) is 0 Å². The summed E-state index contributed by atoms with van der Waals surface area (Å²) in [6.45, 7) is 13.6. The van der Waals surface area contributed by atoms with E-state index in [0.717, 1.165) is 51.4 Å². The summed E-state index contributed by atoms with van der Waals surface area (Å²) in [6.07, 6.45) is 6.31. The SMILES string of the molecule is CC(C)(C)C1CCC(OC(=O)[O+]([O-])C2CCC(C(C)(C)C)CC2)CC1. The smallest absolute Gasteiger partial charge is 0.626 e. The van der Waals surface area contributed by atoms with Crippen LogP contribution in [-0.2, 0) is 9.25 Å². The van der Waals surface area contributed by atoms with Crippen molar-refractivity contribution in [3.8, 4) is 0 Å². The molecule has 0 aromatic carbocycles. The maximum atomic E-state index is 12.3. The standard InChI is InChI=1S/C21H38O4/c1-20(2,3)15-7-11-17(12-8-15)24-19(22)25(23)18-13-9-16(10-14-18)21(4,5)6/h15-18H,7-14H2,1-6H3. The summed E-state index contributed by atoms with van der Waals surface area (Å²) in [5.41, 5.74) is 0.579. The summed E-state index contributed by atoms with van der Waals surface area (Å²) in [7, 11) is 0. The molecule has 0 bridgehead atoms. The van der Waals surface area contributed by atoms with Gasteiger partial charge >= 0.3 is 6.16 Å². The Morgan fingerprint density at radius 2 is 1.20 bits per heavy atom. The van der Waals surface area contributed by atoms with E-state index in [1.165, 1.54) is 0 Å². The van der Waals surface area contributed by atoms with Gasteiger partial charge < -0.3 is 14.5 Å². The van der Waals surface area contributed by atoms with Crippen LogP contribution in [0.1, 0.15) is 92.9 Å². The Balaban J connectivity index is 1.76. The van der Waals surface area contributed by atoms with E-state index >= 15 is 0 Å². The molecule has 0 radical (unpaired) electrons. The summed E-state index contributed by atoms with van der Waals surface area (Å²) in [5, 5.41) is 12.3. The van der Waals surface area contributed by atoms with Gasteiger partial charge in [-0.3, -0.25) is 0 Å². The number of ether oxygens (including phenoxy) is 1. The fourth-order valence-electron chi connectivity index (χ4n) is 4.51. The van der Waals surface area contributed by atoms with Crippen molar-refractivity contribution in [3.63, 3.8) is 0 Å². The summed E-state index contributed by atoms with van der Waals surface area (Å²) in [5.74, 6) is 1.30. The summed E-state index contributed by atoms with van der Waals surface area (Å²) >= 11 is 0. The Morgan fingerprint density at radius 3 is 1.60 bits per heavy atom. The molecular formula is C21H38O4. The first-order valence-electron chi connectivity index (χ1n) is 10.1. The van der Waals surface area contributed by atoms with Crippen molar-refractivity contribution in [1.29, 1.82) is 0 Å². The zero-order chi connectivity index (χ0) is 18.8. The van der Waals surface area contributed by atoms with Crippen LogP contribution in [0.25, 0.3) is 0 Å². The molecule has 146 valence electrons. The highest BCUT2D eigenvalue weighted by Crippen LogP contribution is 2.40. The minimum Gasteiger partial charge on any atom is -0.626 e. The molecule has 2 aliphatic rings. The van der Waals surface area contributed by atoms with E-state index in [4.69, 9.17) is 4.74 Å². The lowest BCUT2D eigenvalue weighted by molar-refractivity contribution is -0.774. The van der Waals surface area contributed by atoms with Gasteiger partial charge in [-0.25, -0.2) is 0 Å². The number of carbonyl (C=O) groups is 1. The van der Waals surface area contributed by atoms with Crippen molar-refractivity contribution >= 4 is 6.16 Å². The van der Waals surface area contributed by atoms with E-state index in [9.17, 15) is 10.1 Å². The van der Waals surface area contributed by atoms with E-state index in [-0.39, 0.29) is 17.6 Å². The molecule has 2 fully saturated rings. The number of hydrogen-bond acceptors (Lipinski definition) is 3. The fraction of sp³-hybridized carbons (Fsp3) is 0.952. The molecule has 2 saturated carbocycles. The van der Waals surface area contributed by atoms with Gasteiger partial charge in [-0.05, 0) is 61.2 Å². The van der Waals surface area contributed by atoms with Gasteiger partial charge in [0, 0.05) is 17.6 Å². The maximum Gasteiger partial charge on any atom is 0.727 e. The van der Waals surface area contributed by atoms with Crippen molar-refractivity contribution < 1.29 is 19.3 Å². The normalized spacial score (nSPS) is 31.5. The highest BCUT2D eigenvalue weighted by Gasteiger charge is 2.38. The van der Waals surface area contributed by atoms with E-state index in [1.54, 1.807) is 4.52 Å². The van der Waals surface area contributed by atoms with Crippen LogP contribution < -0.4 is 5.26 Å². The lowest BCUT2D eigenvalue weighted by Gasteiger charge is -2.42. The molecule has 0 aromatic rings. The lowest BCUT2D eigenvalue weighted by Crippen LogP contribution is -2.45. The highest BCUT2D eigenvalue weighted by molar-refractivity contribution is 5.61. The number of hydrogen-bond donors (Lipinski definition) is 0. The Labute approximate surface area is 153 Å². The van der Waals surface area contributed by atoms with Crippen molar-refractivity contribution in [2.24, 2.45) is 22.7 Å². The third-order valence-electron chi connectivity index (χ3n) is 6.53. The first-order chi connectivity index (χ1) is 11.5. The average molecular weight is 355 g/mol. The van der Waals surface area contributed by atoms with Crippen molar-refractivity contribution in [1.82, 2.24) is 0 Å². The molecule has 0 heterocycles.